The third-order valence-corrected chi connectivity index (χ3v) is 0. The van der Waals surface area contributed by atoms with Gasteiger partial charge in [0.2, 0.25) is 0 Å². The SMILES string of the molecule is [Mn].[Ru].[SbH3].[SnH2]. The molecule has 29 valence electrons. The summed E-state index contributed by atoms with van der Waals surface area (Å²) < 4.78 is 0. The molecule has 0 aromatic heterocycles. The number of hydrogen-bond acceptors (Lipinski definition) is 0. The molecule has 4 heteroatoms. The summed E-state index contributed by atoms with van der Waals surface area (Å²) in [4.78, 5) is 0. The summed E-state index contributed by atoms with van der Waals surface area (Å²) in [6.45, 7) is 0. The Kier molecular flexibility index (Phi) is 126. The topological polar surface area (TPSA) is 0 Å². The molecule has 0 nitrogen and oxygen atoms in total. The van der Waals surface area contributed by atoms with Crippen molar-refractivity contribution in [2.24, 2.45) is 0 Å². The van der Waals surface area contributed by atoms with Gasteiger partial charge in [0.25, 0.3) is 0 Å². The first-order valence-corrected chi connectivity index (χ1v) is 0. The van der Waals surface area contributed by atoms with Crippen LogP contribution in [0.15, 0.2) is 0 Å². The Labute approximate surface area is 83.5 Å². The van der Waals surface area contributed by atoms with Gasteiger partial charge < -0.3 is 0 Å². The van der Waals surface area contributed by atoms with Crippen molar-refractivity contribution in [3.05, 3.63) is 0 Å². The van der Waals surface area contributed by atoms with Gasteiger partial charge in [0.1, 0.15) is 0 Å². The molecule has 0 aliphatic rings. The van der Waals surface area contributed by atoms with E-state index in [2.05, 4.69) is 0 Å². The van der Waals surface area contributed by atoms with Gasteiger partial charge in [-0.25, -0.2) is 0 Å². The standard InChI is InChI=1S/Mn.Ru.Sb.Sn.5H. The van der Waals surface area contributed by atoms with Gasteiger partial charge in [-0.1, -0.05) is 0 Å². The van der Waals surface area contributed by atoms with Gasteiger partial charge in [-0.3, -0.25) is 0 Å². The molecule has 0 spiro atoms. The molecule has 0 aromatic rings. The quantitative estimate of drug-likeness (QED) is 0.408. The number of hydrogen-bond donors (Lipinski definition) is 0. The molecule has 0 saturated carbocycles. The molecule has 0 saturated heterocycles. The van der Waals surface area contributed by atoms with Crippen LogP contribution in [0.25, 0.3) is 0 Å². The average Bonchev–Trinajstić information content (AvgIpc) is 0. The van der Waals surface area contributed by atoms with Crippen LogP contribution in [0.5, 0.6) is 0 Å². The summed E-state index contributed by atoms with van der Waals surface area (Å²) >= 11 is 0. The Morgan fingerprint density at radius 2 is 1.00 bits per heavy atom. The fourth-order valence-electron chi connectivity index (χ4n) is 0. The van der Waals surface area contributed by atoms with Gasteiger partial charge in [-0.2, -0.15) is 0 Å². The van der Waals surface area contributed by atoms with Crippen LogP contribution >= 0.6 is 0 Å². The summed E-state index contributed by atoms with van der Waals surface area (Å²) in [5.74, 6) is 0. The van der Waals surface area contributed by atoms with E-state index in [4.69, 9.17) is 0 Å². The van der Waals surface area contributed by atoms with Crippen molar-refractivity contribution in [3.8, 4) is 0 Å². The van der Waals surface area contributed by atoms with E-state index in [1.54, 1.807) is 0 Å². The van der Waals surface area contributed by atoms with Crippen LogP contribution in [-0.4, -0.2) is 48.3 Å². The summed E-state index contributed by atoms with van der Waals surface area (Å²) in [5, 5.41) is 0. The first kappa shape index (κ1) is 29.4. The van der Waals surface area contributed by atoms with Gasteiger partial charge in [0.15, 0.2) is 0 Å². The van der Waals surface area contributed by atoms with E-state index in [0.717, 1.165) is 0 Å². The van der Waals surface area contributed by atoms with Crippen LogP contribution < -0.4 is 0 Å². The van der Waals surface area contributed by atoms with Crippen LogP contribution in [0.2, 0.25) is 0 Å². The van der Waals surface area contributed by atoms with Crippen molar-refractivity contribution in [1.82, 2.24) is 0 Å². The van der Waals surface area contributed by atoms with Gasteiger partial charge in [0.05, 0.1) is 0 Å². The molecule has 0 aliphatic heterocycles. The molecule has 0 rings (SSSR count). The fraction of sp³-hybridized carbons (Fsp3) is 0. The van der Waals surface area contributed by atoms with E-state index in [-0.39, 0.29) is 84.9 Å². The molecule has 0 aliphatic carbocycles. The first-order chi connectivity index (χ1) is 0. The Hall–Kier alpha value is 2.76. The molecule has 0 fully saturated rings. The van der Waals surface area contributed by atoms with Gasteiger partial charge >= 0.3 is 48.3 Å². The zero-order valence-corrected chi connectivity index (χ0v) is 13.1. The van der Waals surface area contributed by atoms with Crippen molar-refractivity contribution >= 4 is 48.3 Å². The van der Waals surface area contributed by atoms with Crippen LogP contribution in [0.4, 0.5) is 0 Å². The Morgan fingerprint density at radius 3 is 1.00 bits per heavy atom. The minimum absolute atomic E-state index is 0. The molecule has 0 atom stereocenters. The third kappa shape index (κ3) is 8.83. The van der Waals surface area contributed by atoms with E-state index in [1.807, 2.05) is 0 Å². The normalized spacial score (nSPS) is 0. The van der Waals surface area contributed by atoms with E-state index >= 15 is 0 Å². The van der Waals surface area contributed by atoms with Crippen molar-refractivity contribution < 1.29 is 36.5 Å². The van der Waals surface area contributed by atoms with E-state index in [1.165, 1.54) is 0 Å². The zero-order chi connectivity index (χ0) is 0. The summed E-state index contributed by atoms with van der Waals surface area (Å²) in [7, 11) is 0. The predicted molar refractivity (Wildman–Crippen MR) is 18.5 cm³/mol. The first-order valence-electron chi connectivity index (χ1n) is 0. The van der Waals surface area contributed by atoms with E-state index in [9.17, 15) is 0 Å². The van der Waals surface area contributed by atoms with Crippen LogP contribution in [0.1, 0.15) is 0 Å². The van der Waals surface area contributed by atoms with Gasteiger partial charge in [-0.05, 0) is 0 Å². The molecule has 3 radical (unpaired) electrons. The molecule has 0 amide bonds. The van der Waals surface area contributed by atoms with Crippen molar-refractivity contribution in [2.45, 2.75) is 0 Å². The molecular formula is H5MnRuSbSn. The number of rotatable bonds is 0. The molecular weight excluding hydrogens is 396 g/mol. The minimum atomic E-state index is 0. The molecule has 0 bridgehead atoms. The van der Waals surface area contributed by atoms with Crippen molar-refractivity contribution in [1.29, 1.82) is 0 Å². The van der Waals surface area contributed by atoms with Crippen LogP contribution in [0, 0.1) is 0 Å². The summed E-state index contributed by atoms with van der Waals surface area (Å²) in [6, 6.07) is 0. The Bertz CT molecular complexity index is 8.00. The maximum absolute atomic E-state index is 0. The van der Waals surface area contributed by atoms with Crippen molar-refractivity contribution in [2.75, 3.05) is 0 Å². The van der Waals surface area contributed by atoms with Crippen LogP contribution in [0.3, 0.4) is 0 Å². The zero-order valence-electron chi connectivity index (χ0n) is 2.15. The molecule has 0 unspecified atom stereocenters. The van der Waals surface area contributed by atoms with E-state index in [0.29, 0.717) is 0 Å². The molecule has 0 aromatic carbocycles. The van der Waals surface area contributed by atoms with E-state index < -0.39 is 0 Å². The Morgan fingerprint density at radius 1 is 1.00 bits per heavy atom. The molecule has 4 heavy (non-hydrogen) atoms. The third-order valence-electron chi connectivity index (χ3n) is 0. The Balaban J connectivity index is 0. The van der Waals surface area contributed by atoms with Gasteiger partial charge in [0, 0.05) is 36.5 Å². The van der Waals surface area contributed by atoms with Crippen molar-refractivity contribution in [3.63, 3.8) is 0 Å². The maximum atomic E-state index is 0. The van der Waals surface area contributed by atoms with Crippen LogP contribution in [-0.2, 0) is 36.5 Å². The predicted octanol–water partition coefficient (Wildman–Crippen LogP) is -2.11. The summed E-state index contributed by atoms with van der Waals surface area (Å²) in [6.07, 6.45) is 0. The fourth-order valence-corrected chi connectivity index (χ4v) is 0. The average molecular weight is 402 g/mol. The monoisotopic (exact) mass is 403 g/mol. The second-order valence-electron chi connectivity index (χ2n) is 0. The molecule has 0 N–H and O–H groups in total. The second-order valence-corrected chi connectivity index (χ2v) is 0. The summed E-state index contributed by atoms with van der Waals surface area (Å²) in [5.41, 5.74) is 0. The van der Waals surface area contributed by atoms with Gasteiger partial charge in [-0.15, -0.1) is 0 Å². The molecule has 0 heterocycles. The second kappa shape index (κ2) is 17.1.